The monoisotopic (exact) mass is 612 g/mol. The third-order valence-electron chi connectivity index (χ3n) is 9.60. The van der Waals surface area contributed by atoms with Crippen LogP contribution in [0.25, 0.3) is 93.8 Å². The van der Waals surface area contributed by atoms with Crippen molar-refractivity contribution in [1.82, 2.24) is 9.55 Å². The van der Waals surface area contributed by atoms with E-state index in [-0.39, 0.29) is 0 Å². The number of furan rings is 1. The van der Waals surface area contributed by atoms with Gasteiger partial charge >= 0.3 is 0 Å². The molecule has 0 aliphatic heterocycles. The lowest BCUT2D eigenvalue weighted by molar-refractivity contribution is 0.666. The van der Waals surface area contributed by atoms with Crippen LogP contribution in [0, 0.1) is 0 Å². The molecule has 0 unspecified atom stereocenters. The van der Waals surface area contributed by atoms with Gasteiger partial charge in [-0.25, -0.2) is 4.98 Å². The van der Waals surface area contributed by atoms with E-state index in [4.69, 9.17) is 9.40 Å². The van der Waals surface area contributed by atoms with Crippen LogP contribution in [0.3, 0.4) is 0 Å². The lowest BCUT2D eigenvalue weighted by atomic mass is 9.96. The molecular formula is C45H28N2O. The molecule has 0 radical (unpaired) electrons. The molecule has 48 heavy (non-hydrogen) atoms. The molecule has 0 saturated heterocycles. The minimum absolute atomic E-state index is 0.844. The van der Waals surface area contributed by atoms with Gasteiger partial charge in [-0.15, -0.1) is 0 Å². The summed E-state index contributed by atoms with van der Waals surface area (Å²) in [5.41, 5.74) is 12.7. The number of benzene rings is 7. The quantitative estimate of drug-likeness (QED) is 0.198. The summed E-state index contributed by atoms with van der Waals surface area (Å²) in [6, 6.07) is 60.0. The maximum atomic E-state index is 6.84. The smallest absolute Gasteiger partial charge is 0.159 e. The molecule has 3 heterocycles. The molecule has 7 aromatic carbocycles. The molecule has 0 aliphatic carbocycles. The van der Waals surface area contributed by atoms with E-state index in [0.717, 1.165) is 60.8 Å². The van der Waals surface area contributed by atoms with Crippen LogP contribution < -0.4 is 0 Å². The van der Waals surface area contributed by atoms with E-state index in [2.05, 4.69) is 174 Å². The summed E-state index contributed by atoms with van der Waals surface area (Å²) >= 11 is 0. The standard InChI is InChI=1S/C45H28N2O/c1-3-13-29(14-4-1)31-25-26-34-33-18-8-10-22-40(33)47(42(34)27-31)41-23-11-20-36-44-35(19-12-24-43(44)48-45(36)41)39-28-37(30-15-5-2-6-16-30)32-17-7-9-21-38(32)46-39/h1-28H. The number of para-hydroxylation sites is 3. The van der Waals surface area contributed by atoms with Crippen LogP contribution in [-0.2, 0) is 0 Å². The Balaban J connectivity index is 1.25. The molecule has 0 spiro atoms. The number of aromatic nitrogens is 2. The summed E-state index contributed by atoms with van der Waals surface area (Å²) in [5.74, 6) is 0. The highest BCUT2D eigenvalue weighted by Crippen LogP contribution is 2.42. The molecule has 3 aromatic heterocycles. The molecule has 0 fully saturated rings. The second-order valence-electron chi connectivity index (χ2n) is 12.3. The maximum Gasteiger partial charge on any atom is 0.159 e. The molecule has 224 valence electrons. The van der Waals surface area contributed by atoms with Gasteiger partial charge in [0.1, 0.15) is 5.58 Å². The largest absolute Gasteiger partial charge is 0.454 e. The molecule has 0 aliphatic rings. The van der Waals surface area contributed by atoms with Gasteiger partial charge in [0.25, 0.3) is 0 Å². The molecule has 0 saturated carbocycles. The zero-order chi connectivity index (χ0) is 31.6. The van der Waals surface area contributed by atoms with Crippen LogP contribution in [0.2, 0.25) is 0 Å². The fraction of sp³-hybridized carbons (Fsp3) is 0. The Labute approximate surface area is 277 Å². The Morgan fingerprint density at radius 3 is 1.98 bits per heavy atom. The SMILES string of the molecule is c1ccc(-c2ccc3c4ccccc4n(-c4cccc5c4oc4cccc(-c6cc(-c7ccccc7)c7ccccc7n6)c45)c3c2)cc1. The van der Waals surface area contributed by atoms with Gasteiger partial charge in [-0.1, -0.05) is 133 Å². The van der Waals surface area contributed by atoms with Gasteiger partial charge in [0.05, 0.1) is 27.9 Å². The normalized spacial score (nSPS) is 11.8. The first-order valence-electron chi connectivity index (χ1n) is 16.3. The van der Waals surface area contributed by atoms with Gasteiger partial charge in [0, 0.05) is 32.5 Å². The zero-order valence-electron chi connectivity index (χ0n) is 26.0. The Morgan fingerprint density at radius 2 is 1.12 bits per heavy atom. The van der Waals surface area contributed by atoms with E-state index < -0.39 is 0 Å². The summed E-state index contributed by atoms with van der Waals surface area (Å²) in [5, 5.41) is 5.71. The van der Waals surface area contributed by atoms with E-state index in [1.807, 2.05) is 0 Å². The minimum atomic E-state index is 0.844. The predicted octanol–water partition coefficient (Wildman–Crippen LogP) is 12.2. The Bertz CT molecular complexity index is 2830. The van der Waals surface area contributed by atoms with E-state index in [1.165, 1.54) is 33.0 Å². The number of nitrogens with zero attached hydrogens (tertiary/aromatic N) is 2. The first kappa shape index (κ1) is 26.7. The Hall–Kier alpha value is -6.45. The minimum Gasteiger partial charge on any atom is -0.454 e. The topological polar surface area (TPSA) is 31.0 Å². The van der Waals surface area contributed by atoms with E-state index in [9.17, 15) is 0 Å². The fourth-order valence-electron chi connectivity index (χ4n) is 7.43. The molecule has 10 rings (SSSR count). The van der Waals surface area contributed by atoms with Crippen molar-refractivity contribution in [2.24, 2.45) is 0 Å². The number of rotatable bonds is 4. The van der Waals surface area contributed by atoms with Gasteiger partial charge in [-0.2, -0.15) is 0 Å². The van der Waals surface area contributed by atoms with Crippen molar-refractivity contribution in [2.45, 2.75) is 0 Å². The van der Waals surface area contributed by atoms with Crippen LogP contribution in [0.15, 0.2) is 174 Å². The van der Waals surface area contributed by atoms with Crippen molar-refractivity contribution in [3.8, 4) is 39.2 Å². The molecule has 0 atom stereocenters. The first-order chi connectivity index (χ1) is 23.8. The Kier molecular flexibility index (Phi) is 5.87. The van der Waals surface area contributed by atoms with Crippen molar-refractivity contribution in [2.75, 3.05) is 0 Å². The van der Waals surface area contributed by atoms with Gasteiger partial charge in [-0.3, -0.25) is 0 Å². The third kappa shape index (κ3) is 4.04. The molecule has 0 bridgehead atoms. The summed E-state index contributed by atoms with van der Waals surface area (Å²) in [6.07, 6.45) is 0. The fourth-order valence-corrected chi connectivity index (χ4v) is 7.43. The van der Waals surface area contributed by atoms with Crippen LogP contribution in [0.4, 0.5) is 0 Å². The third-order valence-corrected chi connectivity index (χ3v) is 9.60. The predicted molar refractivity (Wildman–Crippen MR) is 200 cm³/mol. The number of fused-ring (bicyclic) bond motifs is 7. The average molecular weight is 613 g/mol. The first-order valence-corrected chi connectivity index (χ1v) is 16.3. The van der Waals surface area contributed by atoms with Crippen molar-refractivity contribution in [3.63, 3.8) is 0 Å². The molecule has 0 amide bonds. The van der Waals surface area contributed by atoms with Crippen LogP contribution in [-0.4, -0.2) is 9.55 Å². The lowest BCUT2D eigenvalue weighted by Gasteiger charge is -2.11. The zero-order valence-corrected chi connectivity index (χ0v) is 26.0. The Morgan fingerprint density at radius 1 is 0.438 bits per heavy atom. The van der Waals surface area contributed by atoms with Crippen LogP contribution >= 0.6 is 0 Å². The molecule has 0 N–H and O–H groups in total. The van der Waals surface area contributed by atoms with Crippen molar-refractivity contribution >= 4 is 54.6 Å². The summed E-state index contributed by atoms with van der Waals surface area (Å²) in [4.78, 5) is 5.21. The summed E-state index contributed by atoms with van der Waals surface area (Å²) in [6.45, 7) is 0. The molecule has 10 aromatic rings. The van der Waals surface area contributed by atoms with Gasteiger partial charge in [-0.05, 0) is 58.7 Å². The van der Waals surface area contributed by atoms with E-state index >= 15 is 0 Å². The van der Waals surface area contributed by atoms with Crippen LogP contribution in [0.5, 0.6) is 0 Å². The maximum absolute atomic E-state index is 6.84. The van der Waals surface area contributed by atoms with E-state index in [1.54, 1.807) is 0 Å². The molecular weight excluding hydrogens is 585 g/mol. The highest BCUT2D eigenvalue weighted by molar-refractivity contribution is 6.16. The van der Waals surface area contributed by atoms with Crippen molar-refractivity contribution < 1.29 is 4.42 Å². The van der Waals surface area contributed by atoms with Crippen molar-refractivity contribution in [3.05, 3.63) is 170 Å². The molecule has 3 heteroatoms. The summed E-state index contributed by atoms with van der Waals surface area (Å²) in [7, 11) is 0. The summed E-state index contributed by atoms with van der Waals surface area (Å²) < 4.78 is 9.20. The van der Waals surface area contributed by atoms with Crippen molar-refractivity contribution in [1.29, 1.82) is 0 Å². The lowest BCUT2D eigenvalue weighted by Crippen LogP contribution is -1.94. The van der Waals surface area contributed by atoms with Crippen LogP contribution in [0.1, 0.15) is 0 Å². The average Bonchev–Trinajstić information content (AvgIpc) is 3.71. The highest BCUT2D eigenvalue weighted by atomic mass is 16.3. The highest BCUT2D eigenvalue weighted by Gasteiger charge is 2.20. The number of hydrogen-bond donors (Lipinski definition) is 0. The molecule has 3 nitrogen and oxygen atoms in total. The van der Waals surface area contributed by atoms with E-state index in [0.29, 0.717) is 0 Å². The van der Waals surface area contributed by atoms with Gasteiger partial charge in [0.15, 0.2) is 5.58 Å². The van der Waals surface area contributed by atoms with Gasteiger partial charge < -0.3 is 8.98 Å². The van der Waals surface area contributed by atoms with Gasteiger partial charge in [0.2, 0.25) is 0 Å². The second kappa shape index (κ2) is 10.5. The number of hydrogen-bond acceptors (Lipinski definition) is 2. The number of pyridine rings is 1. The second-order valence-corrected chi connectivity index (χ2v) is 12.3.